The zero-order valence-electron chi connectivity index (χ0n) is 11.5. The van der Waals surface area contributed by atoms with E-state index in [1.165, 1.54) is 16.7 Å². The van der Waals surface area contributed by atoms with Crippen molar-refractivity contribution >= 4 is 5.91 Å². The summed E-state index contributed by atoms with van der Waals surface area (Å²) in [6, 6.07) is 8.00. The Morgan fingerprint density at radius 1 is 1.39 bits per heavy atom. The molecule has 0 aliphatic carbocycles. The van der Waals surface area contributed by atoms with Crippen molar-refractivity contribution in [1.82, 2.24) is 5.32 Å². The monoisotopic (exact) mass is 244 g/mol. The summed E-state index contributed by atoms with van der Waals surface area (Å²) in [5.41, 5.74) is 3.85. The smallest absolute Gasteiger partial charge is 0.322 e. The lowest BCUT2D eigenvalue weighted by atomic mass is 9.85. The highest BCUT2D eigenvalue weighted by atomic mass is 16.1. The van der Waals surface area contributed by atoms with Crippen LogP contribution in [0.3, 0.4) is 0 Å². The molecule has 0 aromatic heterocycles. The molecule has 0 unspecified atom stereocenters. The first-order valence-electron chi connectivity index (χ1n) is 6.12. The molecule has 3 heteroatoms. The fourth-order valence-corrected chi connectivity index (χ4v) is 1.76. The van der Waals surface area contributed by atoms with Crippen LogP contribution in [0.1, 0.15) is 37.5 Å². The van der Waals surface area contributed by atoms with Crippen molar-refractivity contribution < 1.29 is 4.79 Å². The third-order valence-electron chi connectivity index (χ3n) is 3.00. The molecule has 1 N–H and O–H groups in total. The normalized spacial score (nSPS) is 10.8. The zero-order chi connectivity index (χ0) is 13.8. The molecule has 1 aromatic carbocycles. The van der Waals surface area contributed by atoms with E-state index in [1.807, 2.05) is 0 Å². The minimum Gasteiger partial charge on any atom is -0.343 e. The summed E-state index contributed by atoms with van der Waals surface area (Å²) in [5.74, 6) is -0.570. The summed E-state index contributed by atoms with van der Waals surface area (Å²) in [5, 5.41) is 10.9. The number of benzene rings is 1. The van der Waals surface area contributed by atoms with E-state index in [2.05, 4.69) is 51.2 Å². The highest BCUT2D eigenvalue weighted by Crippen LogP contribution is 2.24. The highest BCUT2D eigenvalue weighted by Gasteiger charge is 2.14. The van der Waals surface area contributed by atoms with Crippen molar-refractivity contribution in [3.63, 3.8) is 0 Å². The van der Waals surface area contributed by atoms with Gasteiger partial charge in [0, 0.05) is 6.54 Å². The maximum absolute atomic E-state index is 10.8. The van der Waals surface area contributed by atoms with Crippen LogP contribution in [0.25, 0.3) is 0 Å². The van der Waals surface area contributed by atoms with Gasteiger partial charge in [-0.05, 0) is 35.4 Å². The van der Waals surface area contributed by atoms with Crippen molar-refractivity contribution in [2.24, 2.45) is 0 Å². The van der Waals surface area contributed by atoms with Crippen molar-refractivity contribution in [1.29, 1.82) is 5.26 Å². The molecule has 0 spiro atoms. The van der Waals surface area contributed by atoms with Crippen LogP contribution in [0.2, 0.25) is 0 Å². The molecule has 0 atom stereocenters. The fourth-order valence-electron chi connectivity index (χ4n) is 1.76. The number of nitrogens with zero attached hydrogens (tertiary/aromatic N) is 1. The van der Waals surface area contributed by atoms with Gasteiger partial charge in [0.2, 0.25) is 0 Å². The Balaban J connectivity index is 2.77. The third-order valence-corrected chi connectivity index (χ3v) is 3.00. The number of carbonyl (C=O) groups excluding carboxylic acids is 1. The number of nitriles is 1. The first-order valence-corrected chi connectivity index (χ1v) is 6.12. The van der Waals surface area contributed by atoms with E-state index < -0.39 is 5.91 Å². The van der Waals surface area contributed by atoms with Crippen LogP contribution in [0, 0.1) is 18.3 Å². The van der Waals surface area contributed by atoms with Gasteiger partial charge in [0.1, 0.15) is 0 Å². The standard InChI is InChI=1S/C15H20N2O/c1-11-5-6-13(15(2,3)4)9-12(11)7-8-17-14(18)10-16/h5-6,9H,7-8H2,1-4H3,(H,17,18). The van der Waals surface area contributed by atoms with Crippen LogP contribution in [0.5, 0.6) is 0 Å². The number of nitrogens with one attached hydrogen (secondary N) is 1. The molecular formula is C15H20N2O. The molecule has 1 rings (SSSR count). The van der Waals surface area contributed by atoms with Crippen molar-refractivity contribution in [2.45, 2.75) is 39.5 Å². The maximum Gasteiger partial charge on any atom is 0.322 e. The Kier molecular flexibility index (Phi) is 4.49. The van der Waals surface area contributed by atoms with Crippen LogP contribution in [0.4, 0.5) is 0 Å². The van der Waals surface area contributed by atoms with Crippen LogP contribution < -0.4 is 5.32 Å². The van der Waals surface area contributed by atoms with Gasteiger partial charge in [-0.15, -0.1) is 0 Å². The molecule has 0 fully saturated rings. The molecule has 96 valence electrons. The molecule has 0 aliphatic heterocycles. The first-order chi connectivity index (χ1) is 8.34. The Hall–Kier alpha value is -1.82. The molecule has 0 radical (unpaired) electrons. The Bertz CT molecular complexity index is 478. The van der Waals surface area contributed by atoms with E-state index in [0.29, 0.717) is 6.54 Å². The molecule has 0 saturated heterocycles. The quantitative estimate of drug-likeness (QED) is 0.830. The largest absolute Gasteiger partial charge is 0.343 e. The fraction of sp³-hybridized carbons (Fsp3) is 0.467. The van der Waals surface area contributed by atoms with Crippen LogP contribution in [-0.4, -0.2) is 12.5 Å². The van der Waals surface area contributed by atoms with Gasteiger partial charge in [-0.1, -0.05) is 39.0 Å². The molecule has 0 saturated carbocycles. The molecule has 0 heterocycles. The van der Waals surface area contributed by atoms with Crippen LogP contribution in [0.15, 0.2) is 18.2 Å². The number of hydrogen-bond acceptors (Lipinski definition) is 2. The molecule has 0 aliphatic rings. The van der Waals surface area contributed by atoms with E-state index in [0.717, 1.165) is 6.42 Å². The van der Waals surface area contributed by atoms with Gasteiger partial charge in [-0.3, -0.25) is 4.79 Å². The Morgan fingerprint density at radius 2 is 2.06 bits per heavy atom. The summed E-state index contributed by atoms with van der Waals surface area (Å²) in [6.45, 7) is 9.10. The minimum atomic E-state index is -0.570. The van der Waals surface area contributed by atoms with Gasteiger partial charge in [0.25, 0.3) is 0 Å². The van der Waals surface area contributed by atoms with Crippen LogP contribution in [-0.2, 0) is 16.6 Å². The van der Waals surface area contributed by atoms with E-state index in [1.54, 1.807) is 6.07 Å². The Labute approximate surface area is 109 Å². The average molecular weight is 244 g/mol. The van der Waals surface area contributed by atoms with Gasteiger partial charge >= 0.3 is 5.91 Å². The summed E-state index contributed by atoms with van der Waals surface area (Å²) < 4.78 is 0. The summed E-state index contributed by atoms with van der Waals surface area (Å²) >= 11 is 0. The summed E-state index contributed by atoms with van der Waals surface area (Å²) in [6.07, 6.45) is 0.753. The average Bonchev–Trinajstić information content (AvgIpc) is 2.29. The zero-order valence-corrected chi connectivity index (χ0v) is 11.5. The number of aryl methyl sites for hydroxylation is 1. The second-order valence-electron chi connectivity index (χ2n) is 5.51. The minimum absolute atomic E-state index is 0.123. The van der Waals surface area contributed by atoms with E-state index in [9.17, 15) is 4.79 Å². The van der Waals surface area contributed by atoms with E-state index in [4.69, 9.17) is 5.26 Å². The lowest BCUT2D eigenvalue weighted by Crippen LogP contribution is -2.24. The first kappa shape index (κ1) is 14.2. The number of amides is 1. The van der Waals surface area contributed by atoms with Crippen molar-refractivity contribution in [3.05, 3.63) is 34.9 Å². The molecule has 3 nitrogen and oxygen atoms in total. The second kappa shape index (κ2) is 5.68. The molecule has 0 bridgehead atoms. The van der Waals surface area contributed by atoms with Crippen LogP contribution >= 0.6 is 0 Å². The third kappa shape index (κ3) is 3.89. The van der Waals surface area contributed by atoms with Gasteiger partial charge in [-0.25, -0.2) is 0 Å². The Morgan fingerprint density at radius 3 is 2.61 bits per heavy atom. The van der Waals surface area contributed by atoms with Gasteiger partial charge in [0.15, 0.2) is 6.07 Å². The maximum atomic E-state index is 10.8. The van der Waals surface area contributed by atoms with Crippen molar-refractivity contribution in [2.75, 3.05) is 6.54 Å². The lowest BCUT2D eigenvalue weighted by molar-refractivity contribution is -0.115. The highest BCUT2D eigenvalue weighted by molar-refractivity contribution is 5.91. The molecule has 1 amide bonds. The number of carbonyl (C=O) groups is 1. The summed E-state index contributed by atoms with van der Waals surface area (Å²) in [4.78, 5) is 10.8. The topological polar surface area (TPSA) is 52.9 Å². The van der Waals surface area contributed by atoms with Gasteiger partial charge in [0.05, 0.1) is 0 Å². The number of hydrogen-bond donors (Lipinski definition) is 1. The molecule has 1 aromatic rings. The van der Waals surface area contributed by atoms with Gasteiger partial charge in [-0.2, -0.15) is 5.26 Å². The molecule has 18 heavy (non-hydrogen) atoms. The van der Waals surface area contributed by atoms with E-state index >= 15 is 0 Å². The summed E-state index contributed by atoms with van der Waals surface area (Å²) in [7, 11) is 0. The predicted octanol–water partition coefficient (Wildman–Crippen LogP) is 2.47. The predicted molar refractivity (Wildman–Crippen MR) is 72.2 cm³/mol. The van der Waals surface area contributed by atoms with Gasteiger partial charge < -0.3 is 5.32 Å². The SMILES string of the molecule is Cc1ccc(C(C)(C)C)cc1CCNC(=O)C#N. The van der Waals surface area contributed by atoms with E-state index in [-0.39, 0.29) is 5.41 Å². The lowest BCUT2D eigenvalue weighted by Gasteiger charge is -2.20. The number of rotatable bonds is 3. The van der Waals surface area contributed by atoms with Crippen molar-refractivity contribution in [3.8, 4) is 6.07 Å². The second-order valence-corrected chi connectivity index (χ2v) is 5.51. The molecular weight excluding hydrogens is 224 g/mol.